The molecule has 4 rings (SSSR count). The predicted octanol–water partition coefficient (Wildman–Crippen LogP) is 2.60. The fourth-order valence-electron chi connectivity index (χ4n) is 3.63. The summed E-state index contributed by atoms with van der Waals surface area (Å²) in [5.41, 5.74) is 2.09. The number of nitrogens with zero attached hydrogens (tertiary/aromatic N) is 3. The van der Waals surface area contributed by atoms with E-state index in [0.717, 1.165) is 41.8 Å². The van der Waals surface area contributed by atoms with Gasteiger partial charge in [-0.1, -0.05) is 6.07 Å². The first-order chi connectivity index (χ1) is 13.6. The zero-order valence-corrected chi connectivity index (χ0v) is 15.7. The molecule has 0 bridgehead atoms. The number of aryl methyl sites for hydroxylation is 1. The minimum atomic E-state index is -0.360. The van der Waals surface area contributed by atoms with Gasteiger partial charge in [0, 0.05) is 25.3 Å². The van der Waals surface area contributed by atoms with Crippen LogP contribution in [0, 0.1) is 12.7 Å². The lowest BCUT2D eigenvalue weighted by Crippen LogP contribution is -2.49. The van der Waals surface area contributed by atoms with Crippen LogP contribution >= 0.6 is 0 Å². The number of H-pyrrole nitrogens is 1. The zero-order chi connectivity index (χ0) is 19.5. The Morgan fingerprint density at radius 2 is 2.25 bits per heavy atom. The van der Waals surface area contributed by atoms with Crippen molar-refractivity contribution in [2.24, 2.45) is 0 Å². The molecule has 0 aliphatic carbocycles. The Morgan fingerprint density at radius 3 is 3.14 bits per heavy atom. The number of carbonyl (C=O) groups is 1. The lowest BCUT2D eigenvalue weighted by Gasteiger charge is -2.34. The van der Waals surface area contributed by atoms with Gasteiger partial charge in [-0.05, 0) is 43.5 Å². The van der Waals surface area contributed by atoms with Crippen molar-refractivity contribution in [3.05, 3.63) is 48.2 Å². The number of hydrogen-bond donors (Lipinski definition) is 3. The van der Waals surface area contributed by atoms with E-state index in [0.29, 0.717) is 12.2 Å². The quantitative estimate of drug-likeness (QED) is 0.632. The Kier molecular flexibility index (Phi) is 5.10. The molecule has 0 radical (unpaired) electrons. The van der Waals surface area contributed by atoms with E-state index in [1.165, 1.54) is 6.07 Å². The fraction of sp³-hybridized carbons (Fsp3) is 0.350. The van der Waals surface area contributed by atoms with Gasteiger partial charge in [-0.3, -0.25) is 4.79 Å². The number of benzene rings is 1. The standard InChI is InChI=1S/C20H23FN6O/c1-13-4-5-16(21)17(9-13)23-10-18(28)26-14-3-2-8-27(11-14)20-15-6-7-22-19(15)24-12-25-20/h4-7,9,12,14,23H,2-3,8,10-11H2,1H3,(H,26,28)(H,22,24,25)/t14-/m1/s1. The zero-order valence-electron chi connectivity index (χ0n) is 15.7. The summed E-state index contributed by atoms with van der Waals surface area (Å²) in [6.07, 6.45) is 5.27. The van der Waals surface area contributed by atoms with Crippen molar-refractivity contribution in [1.29, 1.82) is 0 Å². The van der Waals surface area contributed by atoms with Gasteiger partial charge in [0.05, 0.1) is 17.6 Å². The molecule has 1 fully saturated rings. The number of rotatable bonds is 5. The third kappa shape index (κ3) is 3.90. The third-order valence-corrected chi connectivity index (χ3v) is 4.98. The lowest BCUT2D eigenvalue weighted by molar-refractivity contribution is -0.120. The summed E-state index contributed by atoms with van der Waals surface area (Å²) in [5, 5.41) is 6.91. The fourth-order valence-corrected chi connectivity index (χ4v) is 3.63. The molecule has 28 heavy (non-hydrogen) atoms. The van der Waals surface area contributed by atoms with Gasteiger partial charge >= 0.3 is 0 Å². The van der Waals surface area contributed by atoms with E-state index in [-0.39, 0.29) is 24.3 Å². The molecule has 1 aliphatic heterocycles. The van der Waals surface area contributed by atoms with Crippen LogP contribution in [-0.4, -0.2) is 46.5 Å². The molecular formula is C20H23FN6O. The Balaban J connectivity index is 1.36. The first kappa shape index (κ1) is 18.2. The minimum Gasteiger partial charge on any atom is -0.374 e. The van der Waals surface area contributed by atoms with Gasteiger partial charge in [-0.15, -0.1) is 0 Å². The van der Waals surface area contributed by atoms with Crippen LogP contribution in [-0.2, 0) is 4.79 Å². The summed E-state index contributed by atoms with van der Waals surface area (Å²) in [6.45, 7) is 3.49. The van der Waals surface area contributed by atoms with E-state index < -0.39 is 0 Å². The highest BCUT2D eigenvalue weighted by atomic mass is 19.1. The molecule has 8 heteroatoms. The number of halogens is 1. The van der Waals surface area contributed by atoms with Gasteiger partial charge in [0.25, 0.3) is 0 Å². The Hall–Kier alpha value is -3.16. The van der Waals surface area contributed by atoms with Crippen molar-refractivity contribution in [3.63, 3.8) is 0 Å². The summed E-state index contributed by atoms with van der Waals surface area (Å²) < 4.78 is 13.8. The molecule has 3 aromatic rings. The third-order valence-electron chi connectivity index (χ3n) is 4.98. The number of anilines is 2. The van der Waals surface area contributed by atoms with Gasteiger partial charge in [-0.25, -0.2) is 14.4 Å². The lowest BCUT2D eigenvalue weighted by atomic mass is 10.1. The monoisotopic (exact) mass is 382 g/mol. The van der Waals surface area contributed by atoms with Crippen molar-refractivity contribution in [3.8, 4) is 0 Å². The van der Waals surface area contributed by atoms with Crippen LogP contribution in [0.3, 0.4) is 0 Å². The number of nitrogens with one attached hydrogen (secondary N) is 3. The van der Waals surface area contributed by atoms with Gasteiger partial charge < -0.3 is 20.5 Å². The Labute approximate surface area is 162 Å². The summed E-state index contributed by atoms with van der Waals surface area (Å²) in [7, 11) is 0. The normalized spacial score (nSPS) is 16.9. The number of piperidine rings is 1. The maximum atomic E-state index is 13.8. The van der Waals surface area contributed by atoms with Crippen molar-refractivity contribution in [1.82, 2.24) is 20.3 Å². The Morgan fingerprint density at radius 1 is 1.36 bits per heavy atom. The molecule has 146 valence electrons. The number of amides is 1. The first-order valence-corrected chi connectivity index (χ1v) is 9.42. The topological polar surface area (TPSA) is 85.9 Å². The maximum Gasteiger partial charge on any atom is 0.239 e. The minimum absolute atomic E-state index is 0.0226. The molecule has 0 saturated carbocycles. The van der Waals surface area contributed by atoms with Crippen LogP contribution in [0.1, 0.15) is 18.4 Å². The highest BCUT2D eigenvalue weighted by Gasteiger charge is 2.24. The molecular weight excluding hydrogens is 359 g/mol. The second-order valence-electron chi connectivity index (χ2n) is 7.13. The van der Waals surface area contributed by atoms with Crippen molar-refractivity contribution in [2.75, 3.05) is 29.9 Å². The molecule has 0 spiro atoms. The van der Waals surface area contributed by atoms with E-state index in [9.17, 15) is 9.18 Å². The predicted molar refractivity (Wildman–Crippen MR) is 107 cm³/mol. The van der Waals surface area contributed by atoms with E-state index in [2.05, 4.69) is 30.5 Å². The molecule has 0 unspecified atom stereocenters. The van der Waals surface area contributed by atoms with Crippen LogP contribution < -0.4 is 15.5 Å². The maximum absolute atomic E-state index is 13.8. The molecule has 7 nitrogen and oxygen atoms in total. The van der Waals surface area contributed by atoms with Crippen LogP contribution in [0.25, 0.3) is 11.0 Å². The number of aromatic nitrogens is 3. The first-order valence-electron chi connectivity index (χ1n) is 9.42. The van der Waals surface area contributed by atoms with Crippen LogP contribution in [0.2, 0.25) is 0 Å². The van der Waals surface area contributed by atoms with Crippen LogP contribution in [0.15, 0.2) is 36.8 Å². The van der Waals surface area contributed by atoms with Crippen LogP contribution in [0.4, 0.5) is 15.9 Å². The van der Waals surface area contributed by atoms with E-state index in [1.54, 1.807) is 18.5 Å². The highest BCUT2D eigenvalue weighted by molar-refractivity contribution is 5.87. The summed E-state index contributed by atoms with van der Waals surface area (Å²) >= 11 is 0. The molecule has 1 amide bonds. The average molecular weight is 382 g/mol. The summed E-state index contributed by atoms with van der Waals surface area (Å²) in [5.74, 6) is 0.369. The number of fused-ring (bicyclic) bond motifs is 1. The number of aromatic amines is 1. The smallest absolute Gasteiger partial charge is 0.239 e. The SMILES string of the molecule is Cc1ccc(F)c(NCC(=O)N[C@@H]2CCCN(c3ncnc4[nH]ccc34)C2)c1. The molecule has 1 atom stereocenters. The van der Waals surface area contributed by atoms with Crippen molar-refractivity contribution >= 4 is 28.4 Å². The number of carbonyl (C=O) groups excluding carboxylic acids is 1. The molecule has 3 N–H and O–H groups in total. The molecule has 1 aromatic carbocycles. The van der Waals surface area contributed by atoms with Crippen molar-refractivity contribution < 1.29 is 9.18 Å². The van der Waals surface area contributed by atoms with E-state index in [1.807, 2.05) is 19.2 Å². The second-order valence-corrected chi connectivity index (χ2v) is 7.13. The van der Waals surface area contributed by atoms with Crippen LogP contribution in [0.5, 0.6) is 0 Å². The summed E-state index contributed by atoms with van der Waals surface area (Å²) in [6, 6.07) is 6.79. The molecule has 2 aromatic heterocycles. The van der Waals surface area contributed by atoms with E-state index in [4.69, 9.17) is 0 Å². The summed E-state index contributed by atoms with van der Waals surface area (Å²) in [4.78, 5) is 26.3. The molecule has 1 saturated heterocycles. The molecule has 3 heterocycles. The Bertz CT molecular complexity index is 988. The average Bonchev–Trinajstić information content (AvgIpc) is 3.18. The van der Waals surface area contributed by atoms with Gasteiger partial charge in [0.1, 0.15) is 23.6 Å². The molecule has 1 aliphatic rings. The van der Waals surface area contributed by atoms with Gasteiger partial charge in [0.15, 0.2) is 0 Å². The van der Waals surface area contributed by atoms with Crippen molar-refractivity contribution in [2.45, 2.75) is 25.8 Å². The number of hydrogen-bond acceptors (Lipinski definition) is 5. The van der Waals surface area contributed by atoms with Gasteiger partial charge in [-0.2, -0.15) is 0 Å². The largest absolute Gasteiger partial charge is 0.374 e. The second kappa shape index (κ2) is 7.84. The van der Waals surface area contributed by atoms with Gasteiger partial charge in [0.2, 0.25) is 5.91 Å². The van der Waals surface area contributed by atoms with E-state index >= 15 is 0 Å². The highest BCUT2D eigenvalue weighted by Crippen LogP contribution is 2.25.